The van der Waals surface area contributed by atoms with E-state index < -0.39 is 0 Å². The molecule has 0 nitrogen and oxygen atoms in total. The van der Waals surface area contributed by atoms with E-state index in [1.165, 1.54) is 34.4 Å². The zero-order chi connectivity index (χ0) is 12.3. The first kappa shape index (κ1) is 10.3. The Morgan fingerprint density at radius 1 is 1.00 bits per heavy atom. The number of hydrogen-bond donors (Lipinski definition) is 0. The lowest BCUT2D eigenvalue weighted by molar-refractivity contribution is 0.392. The molecule has 0 radical (unpaired) electrons. The minimum absolute atomic E-state index is 0.441. The lowest BCUT2D eigenvalue weighted by atomic mass is 9.90. The molecule has 3 aromatic rings. The Labute approximate surface area is 108 Å². The van der Waals surface area contributed by atoms with Gasteiger partial charge < -0.3 is 0 Å². The van der Waals surface area contributed by atoms with E-state index in [0.29, 0.717) is 5.41 Å². The van der Waals surface area contributed by atoms with Crippen molar-refractivity contribution in [2.75, 3.05) is 0 Å². The number of rotatable bonds is 0. The van der Waals surface area contributed by atoms with Crippen LogP contribution in [0.1, 0.15) is 25.0 Å². The molecule has 90 valence electrons. The molecular formula is C18H17-. The van der Waals surface area contributed by atoms with Crippen LogP contribution in [0.15, 0.2) is 42.5 Å². The van der Waals surface area contributed by atoms with Crippen LogP contribution in [-0.2, 0) is 12.8 Å². The fourth-order valence-corrected chi connectivity index (χ4v) is 3.52. The van der Waals surface area contributed by atoms with Crippen molar-refractivity contribution in [1.29, 1.82) is 0 Å². The summed E-state index contributed by atoms with van der Waals surface area (Å²) >= 11 is 0. The van der Waals surface area contributed by atoms with Crippen LogP contribution in [0.2, 0.25) is 0 Å². The van der Waals surface area contributed by atoms with Crippen LogP contribution in [0.4, 0.5) is 0 Å². The molecule has 0 spiro atoms. The van der Waals surface area contributed by atoms with Gasteiger partial charge in [-0.05, 0) is 18.3 Å². The normalized spacial score (nSPS) is 17.4. The van der Waals surface area contributed by atoms with E-state index in [1.54, 1.807) is 11.1 Å². The minimum atomic E-state index is 0.441. The summed E-state index contributed by atoms with van der Waals surface area (Å²) in [6.07, 6.45) is 2.44. The van der Waals surface area contributed by atoms with Crippen molar-refractivity contribution < 1.29 is 0 Å². The summed E-state index contributed by atoms with van der Waals surface area (Å²) in [5.74, 6) is 0. The van der Waals surface area contributed by atoms with Gasteiger partial charge in [-0.25, -0.2) is 0 Å². The van der Waals surface area contributed by atoms with Gasteiger partial charge in [0.2, 0.25) is 0 Å². The second kappa shape index (κ2) is 3.20. The summed E-state index contributed by atoms with van der Waals surface area (Å²) in [4.78, 5) is 0. The molecule has 0 heterocycles. The van der Waals surface area contributed by atoms with Crippen molar-refractivity contribution in [1.82, 2.24) is 0 Å². The third-order valence-corrected chi connectivity index (χ3v) is 4.27. The second-order valence-corrected chi connectivity index (χ2v) is 6.46. The van der Waals surface area contributed by atoms with E-state index >= 15 is 0 Å². The molecule has 1 aliphatic rings. The molecule has 0 fully saturated rings. The van der Waals surface area contributed by atoms with Crippen molar-refractivity contribution in [3.05, 3.63) is 53.6 Å². The van der Waals surface area contributed by atoms with Gasteiger partial charge in [-0.1, -0.05) is 47.2 Å². The Balaban J connectivity index is 2.05. The molecule has 0 bridgehead atoms. The summed E-state index contributed by atoms with van der Waals surface area (Å²) in [7, 11) is 0. The quantitative estimate of drug-likeness (QED) is 0.487. The van der Waals surface area contributed by atoms with Gasteiger partial charge in [-0.15, -0.1) is 41.8 Å². The first-order valence-corrected chi connectivity index (χ1v) is 6.72. The molecule has 3 aromatic carbocycles. The Hall–Kier alpha value is -1.69. The van der Waals surface area contributed by atoms with E-state index in [0.717, 1.165) is 0 Å². The maximum Gasteiger partial charge on any atom is -0.0232 e. The van der Waals surface area contributed by atoms with E-state index in [2.05, 4.69) is 56.3 Å². The second-order valence-electron chi connectivity index (χ2n) is 6.46. The molecular weight excluding hydrogens is 216 g/mol. The molecule has 1 aliphatic carbocycles. The molecule has 0 aromatic heterocycles. The molecule has 0 saturated heterocycles. The van der Waals surface area contributed by atoms with Gasteiger partial charge in [0, 0.05) is 0 Å². The summed E-state index contributed by atoms with van der Waals surface area (Å²) < 4.78 is 0. The molecule has 4 rings (SSSR count). The highest BCUT2D eigenvalue weighted by Gasteiger charge is 2.27. The zero-order valence-electron chi connectivity index (χ0n) is 11.0. The van der Waals surface area contributed by atoms with Crippen LogP contribution in [-0.4, -0.2) is 0 Å². The Kier molecular flexibility index (Phi) is 1.82. The van der Waals surface area contributed by atoms with Crippen LogP contribution in [0, 0.1) is 5.41 Å². The fraction of sp³-hybridized carbons (Fsp3) is 0.278. The predicted molar refractivity (Wildman–Crippen MR) is 78.2 cm³/mol. The van der Waals surface area contributed by atoms with E-state index in [1.807, 2.05) is 0 Å². The average Bonchev–Trinajstić information content (AvgIpc) is 2.80. The van der Waals surface area contributed by atoms with Gasteiger partial charge in [0.05, 0.1) is 0 Å². The van der Waals surface area contributed by atoms with Crippen molar-refractivity contribution in [2.24, 2.45) is 5.41 Å². The van der Waals surface area contributed by atoms with Crippen molar-refractivity contribution >= 4 is 21.5 Å². The molecule has 0 unspecified atom stereocenters. The van der Waals surface area contributed by atoms with E-state index in [4.69, 9.17) is 0 Å². The number of fused-ring (bicyclic) bond motifs is 4. The Morgan fingerprint density at radius 3 is 2.61 bits per heavy atom. The van der Waals surface area contributed by atoms with Gasteiger partial charge in [0.15, 0.2) is 0 Å². The topological polar surface area (TPSA) is 0 Å². The van der Waals surface area contributed by atoms with E-state index in [9.17, 15) is 0 Å². The van der Waals surface area contributed by atoms with Crippen LogP contribution in [0.5, 0.6) is 0 Å². The monoisotopic (exact) mass is 233 g/mol. The summed E-state index contributed by atoms with van der Waals surface area (Å²) in [6.45, 7) is 4.74. The SMILES string of the molecule is CC1(C)Cc2cc3cc4cccc[c-]4c3cc2C1. The third kappa shape index (κ3) is 1.35. The van der Waals surface area contributed by atoms with Crippen LogP contribution < -0.4 is 0 Å². The van der Waals surface area contributed by atoms with Crippen LogP contribution in [0.3, 0.4) is 0 Å². The summed E-state index contributed by atoms with van der Waals surface area (Å²) in [5.41, 5.74) is 3.56. The predicted octanol–water partition coefficient (Wildman–Crippen LogP) is 4.84. The highest BCUT2D eigenvalue weighted by atomic mass is 14.3. The minimum Gasteiger partial charge on any atom is -0.128 e. The van der Waals surface area contributed by atoms with Crippen molar-refractivity contribution in [3.63, 3.8) is 0 Å². The largest absolute Gasteiger partial charge is 0.128 e. The Bertz CT molecular complexity index is 756. The first-order valence-electron chi connectivity index (χ1n) is 6.72. The van der Waals surface area contributed by atoms with Crippen molar-refractivity contribution in [2.45, 2.75) is 26.7 Å². The van der Waals surface area contributed by atoms with Gasteiger partial charge in [-0.2, -0.15) is 0 Å². The lowest BCUT2D eigenvalue weighted by Crippen LogP contribution is -2.09. The van der Waals surface area contributed by atoms with E-state index in [-0.39, 0.29) is 0 Å². The summed E-state index contributed by atoms with van der Waals surface area (Å²) in [6, 6.07) is 15.9. The highest BCUT2D eigenvalue weighted by Crippen LogP contribution is 2.40. The molecule has 0 N–H and O–H groups in total. The zero-order valence-corrected chi connectivity index (χ0v) is 11.0. The highest BCUT2D eigenvalue weighted by molar-refractivity contribution is 6.12. The maximum absolute atomic E-state index is 2.43. The molecule has 0 saturated carbocycles. The van der Waals surface area contributed by atoms with Gasteiger partial charge in [0.25, 0.3) is 0 Å². The van der Waals surface area contributed by atoms with Gasteiger partial charge in [-0.3, -0.25) is 0 Å². The van der Waals surface area contributed by atoms with Crippen LogP contribution in [0.25, 0.3) is 21.5 Å². The first-order chi connectivity index (χ1) is 8.62. The molecule has 0 atom stereocenters. The smallest absolute Gasteiger partial charge is 0.0232 e. The maximum atomic E-state index is 2.43. The molecule has 0 amide bonds. The number of hydrogen-bond acceptors (Lipinski definition) is 0. The lowest BCUT2D eigenvalue weighted by Gasteiger charge is -2.15. The third-order valence-electron chi connectivity index (χ3n) is 4.27. The average molecular weight is 233 g/mol. The number of benzene rings is 2. The molecule has 18 heavy (non-hydrogen) atoms. The summed E-state index contributed by atoms with van der Waals surface area (Å²) in [5, 5.41) is 5.62. The Morgan fingerprint density at radius 2 is 1.78 bits per heavy atom. The molecule has 0 aliphatic heterocycles. The van der Waals surface area contributed by atoms with Crippen molar-refractivity contribution in [3.8, 4) is 0 Å². The van der Waals surface area contributed by atoms with Gasteiger partial charge in [0.1, 0.15) is 0 Å². The fourth-order valence-electron chi connectivity index (χ4n) is 3.52. The molecule has 0 heteroatoms. The van der Waals surface area contributed by atoms with Gasteiger partial charge >= 0.3 is 0 Å². The van der Waals surface area contributed by atoms with Crippen LogP contribution >= 0.6 is 0 Å². The standard InChI is InChI=1S/C18H17/c1-18(2)10-14-8-13-7-12-5-3-4-6-16(12)17(13)9-15(14)11-18/h3-9H,10-11H2,1-2H3/q-1.